The fraction of sp³-hybridized carbons (Fsp3) is 0.667. The second-order valence-corrected chi connectivity index (χ2v) is 4.40. The number of allylic oxidation sites excluding steroid dienone is 2. The van der Waals surface area contributed by atoms with Gasteiger partial charge in [-0.15, -0.1) is 12.4 Å². The summed E-state index contributed by atoms with van der Waals surface area (Å²) in [7, 11) is 0. The first-order valence-corrected chi connectivity index (χ1v) is 4.00. The first kappa shape index (κ1) is 10.9. The Balaban J connectivity index is 0.000000810. The van der Waals surface area contributed by atoms with E-state index in [-0.39, 0.29) is 12.4 Å². The van der Waals surface area contributed by atoms with Crippen molar-refractivity contribution in [3.05, 3.63) is 11.6 Å². The number of hydrogen-bond acceptors (Lipinski definition) is 0. The standard InChI is InChI=1S/C6H7Cl3.ClH/c7-6(8,9)5-3-1-2-4-5;/h3H,1-2,4H2;1H. The second-order valence-electron chi connectivity index (χ2n) is 2.12. The zero-order valence-corrected chi connectivity index (χ0v) is 8.33. The van der Waals surface area contributed by atoms with Gasteiger partial charge in [0.15, 0.2) is 0 Å². The molecule has 0 aliphatic heterocycles. The first-order valence-electron chi connectivity index (χ1n) is 2.87. The number of alkyl halides is 3. The molecule has 0 aromatic carbocycles. The monoisotopic (exact) mass is 220 g/mol. The molecule has 0 spiro atoms. The van der Waals surface area contributed by atoms with Gasteiger partial charge in [-0.1, -0.05) is 40.9 Å². The Kier molecular flexibility index (Phi) is 4.42. The van der Waals surface area contributed by atoms with Crippen LogP contribution in [0.3, 0.4) is 0 Å². The highest BCUT2D eigenvalue weighted by molar-refractivity contribution is 6.69. The molecule has 0 saturated carbocycles. The van der Waals surface area contributed by atoms with Crippen molar-refractivity contribution in [1.29, 1.82) is 0 Å². The molecular formula is C6H8Cl4. The van der Waals surface area contributed by atoms with Gasteiger partial charge in [0.25, 0.3) is 0 Å². The van der Waals surface area contributed by atoms with E-state index in [1.54, 1.807) is 0 Å². The number of rotatable bonds is 0. The Morgan fingerprint density at radius 2 is 1.90 bits per heavy atom. The largest absolute Gasteiger partial charge is 0.212 e. The van der Waals surface area contributed by atoms with E-state index in [0.29, 0.717) is 0 Å². The first-order chi connectivity index (χ1) is 4.11. The van der Waals surface area contributed by atoms with Gasteiger partial charge in [-0.25, -0.2) is 0 Å². The quantitative estimate of drug-likeness (QED) is 0.430. The average Bonchev–Trinajstić information content (AvgIpc) is 2.08. The van der Waals surface area contributed by atoms with Crippen molar-refractivity contribution in [2.45, 2.75) is 23.1 Å². The third-order valence-electron chi connectivity index (χ3n) is 1.41. The van der Waals surface area contributed by atoms with Gasteiger partial charge in [0.05, 0.1) is 0 Å². The predicted octanol–water partition coefficient (Wildman–Crippen LogP) is 3.89. The van der Waals surface area contributed by atoms with Crippen LogP contribution in [-0.4, -0.2) is 3.79 Å². The Hall–Kier alpha value is 0.900. The van der Waals surface area contributed by atoms with Crippen molar-refractivity contribution in [1.82, 2.24) is 0 Å². The van der Waals surface area contributed by atoms with Crippen molar-refractivity contribution in [2.24, 2.45) is 0 Å². The molecule has 0 amide bonds. The van der Waals surface area contributed by atoms with E-state index in [1.165, 1.54) is 0 Å². The molecule has 0 N–H and O–H groups in total. The van der Waals surface area contributed by atoms with Crippen LogP contribution >= 0.6 is 47.2 Å². The lowest BCUT2D eigenvalue weighted by Gasteiger charge is -2.10. The van der Waals surface area contributed by atoms with Crippen LogP contribution in [-0.2, 0) is 0 Å². The van der Waals surface area contributed by atoms with Crippen LogP contribution in [0.4, 0.5) is 0 Å². The average molecular weight is 222 g/mol. The number of halogens is 4. The normalized spacial score (nSPS) is 18.1. The maximum atomic E-state index is 5.60. The SMILES string of the molecule is Cl.ClC(Cl)(Cl)C1=CCCC1. The fourth-order valence-corrected chi connectivity index (χ4v) is 1.44. The lowest BCUT2D eigenvalue weighted by atomic mass is 10.3. The molecule has 0 bridgehead atoms. The summed E-state index contributed by atoms with van der Waals surface area (Å²) in [5, 5.41) is 0. The molecule has 0 heterocycles. The Morgan fingerprint density at radius 3 is 2.10 bits per heavy atom. The van der Waals surface area contributed by atoms with Crippen LogP contribution in [0.1, 0.15) is 19.3 Å². The maximum absolute atomic E-state index is 5.60. The summed E-state index contributed by atoms with van der Waals surface area (Å²) in [6.07, 6.45) is 5.13. The Morgan fingerprint density at radius 1 is 1.30 bits per heavy atom. The zero-order chi connectivity index (χ0) is 6.91. The molecule has 0 fully saturated rings. The van der Waals surface area contributed by atoms with E-state index in [2.05, 4.69) is 0 Å². The third kappa shape index (κ3) is 2.87. The summed E-state index contributed by atoms with van der Waals surface area (Å²) in [5.41, 5.74) is 0.951. The minimum atomic E-state index is -1.14. The van der Waals surface area contributed by atoms with Crippen LogP contribution in [0.25, 0.3) is 0 Å². The zero-order valence-electron chi connectivity index (χ0n) is 5.24. The lowest BCUT2D eigenvalue weighted by Crippen LogP contribution is -2.03. The van der Waals surface area contributed by atoms with Crippen molar-refractivity contribution in [3.63, 3.8) is 0 Å². The van der Waals surface area contributed by atoms with Crippen LogP contribution in [0.5, 0.6) is 0 Å². The van der Waals surface area contributed by atoms with Gasteiger partial charge in [0.2, 0.25) is 3.79 Å². The van der Waals surface area contributed by atoms with Crippen LogP contribution in [0.2, 0.25) is 0 Å². The Labute approximate surface area is 81.9 Å². The highest BCUT2D eigenvalue weighted by Gasteiger charge is 2.26. The van der Waals surface area contributed by atoms with Crippen molar-refractivity contribution < 1.29 is 0 Å². The molecule has 60 valence electrons. The third-order valence-corrected chi connectivity index (χ3v) is 2.13. The Bertz CT molecular complexity index is 133. The molecule has 0 saturated heterocycles. The van der Waals surface area contributed by atoms with Crippen molar-refractivity contribution in [3.8, 4) is 0 Å². The van der Waals surface area contributed by atoms with Crippen molar-refractivity contribution >= 4 is 47.2 Å². The van der Waals surface area contributed by atoms with Gasteiger partial charge >= 0.3 is 0 Å². The van der Waals surface area contributed by atoms with E-state index in [1.807, 2.05) is 6.08 Å². The van der Waals surface area contributed by atoms with Crippen LogP contribution in [0.15, 0.2) is 11.6 Å². The van der Waals surface area contributed by atoms with Crippen molar-refractivity contribution in [2.75, 3.05) is 0 Å². The topological polar surface area (TPSA) is 0 Å². The summed E-state index contributed by atoms with van der Waals surface area (Å²) >= 11 is 16.8. The van der Waals surface area contributed by atoms with E-state index in [9.17, 15) is 0 Å². The summed E-state index contributed by atoms with van der Waals surface area (Å²) in [5.74, 6) is 0. The van der Waals surface area contributed by atoms with Crippen LogP contribution in [0, 0.1) is 0 Å². The van der Waals surface area contributed by atoms with Gasteiger partial charge in [-0.05, 0) is 24.8 Å². The molecular weight excluding hydrogens is 214 g/mol. The van der Waals surface area contributed by atoms with Crippen LogP contribution < -0.4 is 0 Å². The van der Waals surface area contributed by atoms with E-state index >= 15 is 0 Å². The van der Waals surface area contributed by atoms with E-state index in [0.717, 1.165) is 24.8 Å². The fourth-order valence-electron chi connectivity index (χ4n) is 0.928. The molecule has 1 aliphatic carbocycles. The molecule has 0 radical (unpaired) electrons. The van der Waals surface area contributed by atoms with Gasteiger partial charge in [0.1, 0.15) is 0 Å². The highest BCUT2D eigenvalue weighted by atomic mass is 35.6. The lowest BCUT2D eigenvalue weighted by molar-refractivity contribution is 0.895. The molecule has 0 aromatic heterocycles. The molecule has 0 atom stereocenters. The highest BCUT2D eigenvalue weighted by Crippen LogP contribution is 2.40. The summed E-state index contributed by atoms with van der Waals surface area (Å²) in [6.45, 7) is 0. The summed E-state index contributed by atoms with van der Waals surface area (Å²) in [6, 6.07) is 0. The van der Waals surface area contributed by atoms with Gasteiger partial charge in [0, 0.05) is 0 Å². The van der Waals surface area contributed by atoms with E-state index in [4.69, 9.17) is 34.8 Å². The molecule has 1 aliphatic rings. The molecule has 4 heteroatoms. The molecule has 1 rings (SSSR count). The number of hydrogen-bond donors (Lipinski definition) is 0. The van der Waals surface area contributed by atoms with Gasteiger partial charge in [-0.2, -0.15) is 0 Å². The summed E-state index contributed by atoms with van der Waals surface area (Å²) < 4.78 is -1.14. The van der Waals surface area contributed by atoms with Gasteiger partial charge in [-0.3, -0.25) is 0 Å². The van der Waals surface area contributed by atoms with E-state index < -0.39 is 3.79 Å². The minimum absolute atomic E-state index is 0. The molecule has 0 unspecified atom stereocenters. The van der Waals surface area contributed by atoms with Gasteiger partial charge < -0.3 is 0 Å². The summed E-state index contributed by atoms with van der Waals surface area (Å²) in [4.78, 5) is 0. The second kappa shape index (κ2) is 4.06. The molecule has 10 heavy (non-hydrogen) atoms. The molecule has 0 aromatic rings. The molecule has 0 nitrogen and oxygen atoms in total. The minimum Gasteiger partial charge on any atom is -0.147 e. The predicted molar refractivity (Wildman–Crippen MR) is 49.5 cm³/mol. The smallest absolute Gasteiger partial charge is 0.147 e. The maximum Gasteiger partial charge on any atom is 0.212 e.